The Kier molecular flexibility index (Phi) is 7.01. The Labute approximate surface area is 282 Å². The molecule has 4 aliphatic rings. The molecule has 4 saturated carbocycles. The van der Waals surface area contributed by atoms with Gasteiger partial charge >= 0.3 is 0 Å². The minimum absolute atomic E-state index is 0.00135. The summed E-state index contributed by atoms with van der Waals surface area (Å²) in [5.41, 5.74) is 8.85. The molecule has 4 aliphatic carbocycles. The molecule has 4 bridgehead atoms. The lowest BCUT2D eigenvalue weighted by Gasteiger charge is -2.62. The fraction of sp³-hybridized carbons (Fsp3) is 0.227. The SMILES string of the molecule is N#Cc1ccc(-c2ccc(C3(c4ccc(-c5nc(-c6ccccc6)nc(-c6ccccc6)n5)cc4)C4CC5CC(C4)CC3C5)cc2)cc1. The Hall–Kier alpha value is -5.40. The fourth-order valence-electron chi connectivity index (χ4n) is 9.55. The van der Waals surface area contributed by atoms with E-state index in [1.807, 2.05) is 48.5 Å². The van der Waals surface area contributed by atoms with Crippen molar-refractivity contribution in [2.75, 3.05) is 0 Å². The lowest BCUT2D eigenvalue weighted by molar-refractivity contribution is -0.0418. The second-order valence-corrected chi connectivity index (χ2v) is 14.1. The van der Waals surface area contributed by atoms with Gasteiger partial charge in [0.1, 0.15) is 0 Å². The molecule has 0 radical (unpaired) electrons. The maximum Gasteiger partial charge on any atom is 0.164 e. The van der Waals surface area contributed by atoms with E-state index in [2.05, 4.69) is 91.0 Å². The van der Waals surface area contributed by atoms with E-state index >= 15 is 0 Å². The summed E-state index contributed by atoms with van der Waals surface area (Å²) in [6, 6.07) is 49.1. The van der Waals surface area contributed by atoms with Crippen molar-refractivity contribution in [2.24, 2.45) is 23.7 Å². The first kappa shape index (κ1) is 28.8. The van der Waals surface area contributed by atoms with Gasteiger partial charge in [0.15, 0.2) is 17.5 Å². The molecule has 6 aromatic rings. The predicted octanol–water partition coefficient (Wildman–Crippen LogP) is 10.2. The molecule has 0 spiro atoms. The Morgan fingerprint density at radius 2 is 0.812 bits per heavy atom. The number of nitrogens with zero attached hydrogens (tertiary/aromatic N) is 4. The second-order valence-electron chi connectivity index (χ2n) is 14.1. The van der Waals surface area contributed by atoms with Crippen molar-refractivity contribution in [3.8, 4) is 51.4 Å². The number of hydrogen-bond donors (Lipinski definition) is 0. The Balaban J connectivity index is 1.13. The van der Waals surface area contributed by atoms with Crippen LogP contribution >= 0.6 is 0 Å². The van der Waals surface area contributed by atoms with Gasteiger partial charge < -0.3 is 0 Å². The Morgan fingerprint density at radius 1 is 0.438 bits per heavy atom. The summed E-state index contributed by atoms with van der Waals surface area (Å²) < 4.78 is 0. The molecule has 0 aliphatic heterocycles. The van der Waals surface area contributed by atoms with Crippen LogP contribution in [0.2, 0.25) is 0 Å². The predicted molar refractivity (Wildman–Crippen MR) is 191 cm³/mol. The zero-order valence-electron chi connectivity index (χ0n) is 26.8. The molecule has 232 valence electrons. The number of benzene rings is 5. The molecular weight excluding hydrogens is 585 g/mol. The third kappa shape index (κ3) is 4.85. The van der Waals surface area contributed by atoms with Gasteiger partial charge in [0.05, 0.1) is 11.6 Å². The van der Waals surface area contributed by atoms with Crippen LogP contribution in [0.3, 0.4) is 0 Å². The lowest BCUT2D eigenvalue weighted by atomic mass is 9.42. The molecule has 1 heterocycles. The van der Waals surface area contributed by atoms with Crippen LogP contribution < -0.4 is 0 Å². The summed E-state index contributed by atoms with van der Waals surface area (Å²) in [5, 5.41) is 9.26. The molecule has 0 atom stereocenters. The van der Waals surface area contributed by atoms with E-state index in [0.717, 1.165) is 34.1 Å². The second kappa shape index (κ2) is 11.7. The highest BCUT2D eigenvalue weighted by molar-refractivity contribution is 5.68. The number of hydrogen-bond acceptors (Lipinski definition) is 4. The molecule has 48 heavy (non-hydrogen) atoms. The molecule has 0 unspecified atom stereocenters. The van der Waals surface area contributed by atoms with E-state index in [0.29, 0.717) is 34.9 Å². The third-order valence-corrected chi connectivity index (χ3v) is 11.5. The summed E-state index contributed by atoms with van der Waals surface area (Å²) in [7, 11) is 0. The number of aromatic nitrogens is 3. The first-order valence-corrected chi connectivity index (χ1v) is 17.3. The van der Waals surface area contributed by atoms with Crippen molar-refractivity contribution in [3.63, 3.8) is 0 Å². The van der Waals surface area contributed by atoms with Gasteiger partial charge in [-0.1, -0.05) is 121 Å². The van der Waals surface area contributed by atoms with Crippen LogP contribution in [0.5, 0.6) is 0 Å². The average Bonchev–Trinajstić information content (AvgIpc) is 3.16. The number of rotatable bonds is 6. The van der Waals surface area contributed by atoms with Crippen LogP contribution in [0.1, 0.15) is 48.8 Å². The van der Waals surface area contributed by atoms with Gasteiger partial charge in [-0.15, -0.1) is 0 Å². The van der Waals surface area contributed by atoms with Crippen LogP contribution in [0.25, 0.3) is 45.3 Å². The average molecular weight is 621 g/mol. The van der Waals surface area contributed by atoms with Crippen molar-refractivity contribution in [3.05, 3.63) is 150 Å². The maximum atomic E-state index is 9.26. The molecule has 0 saturated heterocycles. The van der Waals surface area contributed by atoms with E-state index in [1.165, 1.54) is 48.8 Å². The number of nitriles is 1. The zero-order chi connectivity index (χ0) is 32.1. The van der Waals surface area contributed by atoms with Crippen LogP contribution in [0, 0.1) is 35.0 Å². The van der Waals surface area contributed by atoms with Gasteiger partial charge in [0, 0.05) is 22.1 Å². The largest absolute Gasteiger partial charge is 0.208 e. The van der Waals surface area contributed by atoms with Crippen molar-refractivity contribution in [1.82, 2.24) is 15.0 Å². The lowest BCUT2D eigenvalue weighted by Crippen LogP contribution is -2.56. The maximum absolute atomic E-state index is 9.26. The highest BCUT2D eigenvalue weighted by Gasteiger charge is 2.58. The summed E-state index contributed by atoms with van der Waals surface area (Å²) in [5.74, 6) is 5.09. The van der Waals surface area contributed by atoms with Gasteiger partial charge in [-0.3, -0.25) is 0 Å². The van der Waals surface area contributed by atoms with Crippen LogP contribution in [-0.2, 0) is 5.41 Å². The highest BCUT2D eigenvalue weighted by Crippen LogP contribution is 2.65. The van der Waals surface area contributed by atoms with E-state index in [1.54, 1.807) is 0 Å². The molecule has 10 rings (SSSR count). The third-order valence-electron chi connectivity index (χ3n) is 11.5. The quantitative estimate of drug-likeness (QED) is 0.186. The van der Waals surface area contributed by atoms with Gasteiger partial charge in [-0.05, 0) is 90.2 Å². The van der Waals surface area contributed by atoms with Crippen LogP contribution in [0.4, 0.5) is 0 Å². The molecule has 1 aromatic heterocycles. The van der Waals surface area contributed by atoms with E-state index in [-0.39, 0.29) is 5.41 Å². The van der Waals surface area contributed by atoms with Gasteiger partial charge in [-0.2, -0.15) is 5.26 Å². The van der Waals surface area contributed by atoms with E-state index in [4.69, 9.17) is 15.0 Å². The smallest absolute Gasteiger partial charge is 0.164 e. The molecule has 0 N–H and O–H groups in total. The summed E-state index contributed by atoms with van der Waals surface area (Å²) in [6.07, 6.45) is 6.70. The standard InChI is InChI=1S/C44H36N4/c45-28-29-11-13-32(14-12-29)33-15-19-37(20-16-33)44(39-24-30-23-31(26-39)27-40(44)25-30)38-21-17-36(18-22-38)43-47-41(34-7-3-1-4-8-34)46-42(48-43)35-9-5-2-6-10-35/h1-22,30-31,39-40H,23-27H2. The van der Waals surface area contributed by atoms with E-state index in [9.17, 15) is 5.26 Å². The Morgan fingerprint density at radius 3 is 1.23 bits per heavy atom. The first-order chi connectivity index (χ1) is 23.7. The minimum atomic E-state index is -0.00135. The molecule has 5 aromatic carbocycles. The van der Waals surface area contributed by atoms with Crippen molar-refractivity contribution >= 4 is 0 Å². The van der Waals surface area contributed by atoms with Crippen molar-refractivity contribution in [1.29, 1.82) is 5.26 Å². The zero-order valence-corrected chi connectivity index (χ0v) is 26.8. The molecule has 4 fully saturated rings. The van der Waals surface area contributed by atoms with Crippen molar-refractivity contribution in [2.45, 2.75) is 37.5 Å². The Bertz CT molecular complexity index is 2030. The monoisotopic (exact) mass is 620 g/mol. The molecule has 4 heteroatoms. The van der Waals surface area contributed by atoms with Crippen LogP contribution in [0.15, 0.2) is 133 Å². The summed E-state index contributed by atoms with van der Waals surface area (Å²) in [6.45, 7) is 0. The van der Waals surface area contributed by atoms with Gasteiger partial charge in [0.25, 0.3) is 0 Å². The minimum Gasteiger partial charge on any atom is -0.208 e. The highest BCUT2D eigenvalue weighted by atomic mass is 15.0. The summed E-state index contributed by atoms with van der Waals surface area (Å²) >= 11 is 0. The van der Waals surface area contributed by atoms with Gasteiger partial charge in [-0.25, -0.2) is 15.0 Å². The molecular formula is C44H36N4. The van der Waals surface area contributed by atoms with Gasteiger partial charge in [0.2, 0.25) is 0 Å². The first-order valence-electron chi connectivity index (χ1n) is 17.3. The topological polar surface area (TPSA) is 62.5 Å². The van der Waals surface area contributed by atoms with Crippen molar-refractivity contribution < 1.29 is 0 Å². The van der Waals surface area contributed by atoms with Crippen LogP contribution in [-0.4, -0.2) is 15.0 Å². The summed E-state index contributed by atoms with van der Waals surface area (Å²) in [4.78, 5) is 14.9. The normalized spacial score (nSPS) is 23.9. The molecule has 4 nitrogen and oxygen atoms in total. The van der Waals surface area contributed by atoms with E-state index < -0.39 is 0 Å². The fourth-order valence-corrected chi connectivity index (χ4v) is 9.55. The molecule has 0 amide bonds.